The summed E-state index contributed by atoms with van der Waals surface area (Å²) in [6.07, 6.45) is 0. The molecule has 0 atom stereocenters. The third kappa shape index (κ3) is 3.57. The SMILES string of the molecule is COCc1cccc(CNc2cccc(F)c2)c1. The van der Waals surface area contributed by atoms with E-state index in [0.717, 1.165) is 16.8 Å². The summed E-state index contributed by atoms with van der Waals surface area (Å²) in [5.41, 5.74) is 3.07. The van der Waals surface area contributed by atoms with Gasteiger partial charge in [-0.15, -0.1) is 0 Å². The zero-order valence-electron chi connectivity index (χ0n) is 10.3. The van der Waals surface area contributed by atoms with Crippen LogP contribution in [0.25, 0.3) is 0 Å². The van der Waals surface area contributed by atoms with Crippen LogP contribution in [0.3, 0.4) is 0 Å². The number of halogens is 1. The van der Waals surface area contributed by atoms with E-state index in [1.807, 2.05) is 24.3 Å². The zero-order valence-corrected chi connectivity index (χ0v) is 10.3. The van der Waals surface area contributed by atoms with E-state index in [1.165, 1.54) is 12.1 Å². The minimum absolute atomic E-state index is 0.229. The maximum Gasteiger partial charge on any atom is 0.125 e. The van der Waals surface area contributed by atoms with Gasteiger partial charge >= 0.3 is 0 Å². The molecule has 3 heteroatoms. The van der Waals surface area contributed by atoms with Gasteiger partial charge in [0.15, 0.2) is 0 Å². The van der Waals surface area contributed by atoms with E-state index in [9.17, 15) is 4.39 Å². The Kier molecular flexibility index (Phi) is 4.31. The van der Waals surface area contributed by atoms with Crippen molar-refractivity contribution in [1.29, 1.82) is 0 Å². The molecule has 0 saturated heterocycles. The van der Waals surface area contributed by atoms with Crippen LogP contribution in [0.15, 0.2) is 48.5 Å². The molecule has 0 fully saturated rings. The molecule has 18 heavy (non-hydrogen) atoms. The number of methoxy groups -OCH3 is 1. The van der Waals surface area contributed by atoms with Gasteiger partial charge in [-0.2, -0.15) is 0 Å². The Balaban J connectivity index is 1.99. The van der Waals surface area contributed by atoms with Gasteiger partial charge in [-0.05, 0) is 29.3 Å². The molecule has 2 aromatic carbocycles. The van der Waals surface area contributed by atoms with E-state index in [0.29, 0.717) is 13.2 Å². The van der Waals surface area contributed by atoms with Gasteiger partial charge in [0.1, 0.15) is 5.82 Å². The average Bonchev–Trinajstić information content (AvgIpc) is 2.37. The topological polar surface area (TPSA) is 21.3 Å². The number of anilines is 1. The van der Waals surface area contributed by atoms with E-state index in [-0.39, 0.29) is 5.82 Å². The van der Waals surface area contributed by atoms with Gasteiger partial charge in [0, 0.05) is 19.3 Å². The molecule has 0 spiro atoms. The van der Waals surface area contributed by atoms with Gasteiger partial charge in [-0.25, -0.2) is 4.39 Å². The summed E-state index contributed by atoms with van der Waals surface area (Å²) in [5, 5.41) is 3.19. The quantitative estimate of drug-likeness (QED) is 0.869. The molecule has 0 radical (unpaired) electrons. The normalized spacial score (nSPS) is 10.3. The first-order valence-corrected chi connectivity index (χ1v) is 5.84. The predicted octanol–water partition coefficient (Wildman–Crippen LogP) is 3.58. The second-order valence-corrected chi connectivity index (χ2v) is 4.12. The molecular weight excluding hydrogens is 229 g/mol. The highest BCUT2D eigenvalue weighted by molar-refractivity contribution is 5.43. The lowest BCUT2D eigenvalue weighted by molar-refractivity contribution is 0.185. The van der Waals surface area contributed by atoms with Gasteiger partial charge in [-0.3, -0.25) is 0 Å². The molecule has 0 aliphatic carbocycles. The van der Waals surface area contributed by atoms with E-state index in [1.54, 1.807) is 13.2 Å². The van der Waals surface area contributed by atoms with Crippen LogP contribution >= 0.6 is 0 Å². The van der Waals surface area contributed by atoms with Crippen molar-refractivity contribution in [3.63, 3.8) is 0 Å². The Bertz CT molecular complexity index is 513. The van der Waals surface area contributed by atoms with Crippen LogP contribution in [0.2, 0.25) is 0 Å². The molecule has 2 nitrogen and oxygen atoms in total. The van der Waals surface area contributed by atoms with Crippen LogP contribution < -0.4 is 5.32 Å². The van der Waals surface area contributed by atoms with Gasteiger partial charge in [0.05, 0.1) is 6.61 Å². The van der Waals surface area contributed by atoms with Crippen molar-refractivity contribution >= 4 is 5.69 Å². The molecule has 0 aliphatic rings. The van der Waals surface area contributed by atoms with Gasteiger partial charge in [0.25, 0.3) is 0 Å². The number of nitrogens with one attached hydrogen (secondary N) is 1. The Labute approximate surface area is 106 Å². The lowest BCUT2D eigenvalue weighted by Gasteiger charge is -2.08. The number of hydrogen-bond acceptors (Lipinski definition) is 2. The molecule has 0 bridgehead atoms. The molecular formula is C15H16FNO. The lowest BCUT2D eigenvalue weighted by Crippen LogP contribution is -2.00. The predicted molar refractivity (Wildman–Crippen MR) is 70.9 cm³/mol. The van der Waals surface area contributed by atoms with E-state index in [2.05, 4.69) is 11.4 Å². The van der Waals surface area contributed by atoms with Crippen LogP contribution in [0.5, 0.6) is 0 Å². The molecule has 0 unspecified atom stereocenters. The summed E-state index contributed by atoms with van der Waals surface area (Å²) in [4.78, 5) is 0. The maximum atomic E-state index is 13.0. The highest BCUT2D eigenvalue weighted by atomic mass is 19.1. The first-order valence-electron chi connectivity index (χ1n) is 5.84. The van der Waals surface area contributed by atoms with Crippen LogP contribution in [-0.4, -0.2) is 7.11 Å². The highest BCUT2D eigenvalue weighted by Crippen LogP contribution is 2.12. The van der Waals surface area contributed by atoms with Crippen LogP contribution in [-0.2, 0) is 17.9 Å². The van der Waals surface area contributed by atoms with Crippen LogP contribution in [0.1, 0.15) is 11.1 Å². The molecule has 2 aromatic rings. The lowest BCUT2D eigenvalue weighted by atomic mass is 10.1. The summed E-state index contributed by atoms with van der Waals surface area (Å²) in [7, 11) is 1.68. The van der Waals surface area contributed by atoms with E-state index in [4.69, 9.17) is 4.74 Å². The number of benzene rings is 2. The van der Waals surface area contributed by atoms with Crippen molar-refractivity contribution < 1.29 is 9.13 Å². The molecule has 0 aliphatic heterocycles. The Morgan fingerprint density at radius 3 is 2.61 bits per heavy atom. The molecule has 0 saturated carbocycles. The molecule has 0 amide bonds. The second kappa shape index (κ2) is 6.17. The minimum atomic E-state index is -0.229. The summed E-state index contributed by atoms with van der Waals surface area (Å²) in [5.74, 6) is -0.229. The van der Waals surface area contributed by atoms with Crippen molar-refractivity contribution in [2.45, 2.75) is 13.2 Å². The largest absolute Gasteiger partial charge is 0.381 e. The number of rotatable bonds is 5. The first kappa shape index (κ1) is 12.6. The minimum Gasteiger partial charge on any atom is -0.381 e. The van der Waals surface area contributed by atoms with E-state index < -0.39 is 0 Å². The van der Waals surface area contributed by atoms with Crippen molar-refractivity contribution in [2.24, 2.45) is 0 Å². The number of hydrogen-bond donors (Lipinski definition) is 1. The fraction of sp³-hybridized carbons (Fsp3) is 0.200. The summed E-state index contributed by atoms with van der Waals surface area (Å²) in [6.45, 7) is 1.27. The monoisotopic (exact) mass is 245 g/mol. The standard InChI is InChI=1S/C15H16FNO/c1-18-11-13-5-2-4-12(8-13)10-17-15-7-3-6-14(16)9-15/h2-9,17H,10-11H2,1H3. The molecule has 1 N–H and O–H groups in total. The third-order valence-electron chi connectivity index (χ3n) is 2.62. The van der Waals surface area contributed by atoms with Gasteiger partial charge < -0.3 is 10.1 Å². The molecule has 0 aromatic heterocycles. The van der Waals surface area contributed by atoms with Crippen molar-refractivity contribution in [3.8, 4) is 0 Å². The molecule has 2 rings (SSSR count). The molecule has 0 heterocycles. The summed E-state index contributed by atoms with van der Waals surface area (Å²) >= 11 is 0. The first-order chi connectivity index (χ1) is 8.78. The van der Waals surface area contributed by atoms with Crippen molar-refractivity contribution in [2.75, 3.05) is 12.4 Å². The van der Waals surface area contributed by atoms with Gasteiger partial charge in [-0.1, -0.05) is 30.3 Å². The maximum absolute atomic E-state index is 13.0. The Morgan fingerprint density at radius 1 is 1.06 bits per heavy atom. The fourth-order valence-electron chi connectivity index (χ4n) is 1.80. The van der Waals surface area contributed by atoms with Gasteiger partial charge in [0.2, 0.25) is 0 Å². The van der Waals surface area contributed by atoms with E-state index >= 15 is 0 Å². The molecule has 94 valence electrons. The Morgan fingerprint density at radius 2 is 1.83 bits per heavy atom. The Hall–Kier alpha value is -1.87. The second-order valence-electron chi connectivity index (χ2n) is 4.12. The average molecular weight is 245 g/mol. The van der Waals surface area contributed by atoms with Crippen molar-refractivity contribution in [1.82, 2.24) is 0 Å². The van der Waals surface area contributed by atoms with Crippen LogP contribution in [0.4, 0.5) is 10.1 Å². The van der Waals surface area contributed by atoms with Crippen molar-refractivity contribution in [3.05, 3.63) is 65.5 Å². The third-order valence-corrected chi connectivity index (χ3v) is 2.62. The summed E-state index contributed by atoms with van der Waals surface area (Å²) in [6, 6.07) is 14.6. The highest BCUT2D eigenvalue weighted by Gasteiger charge is 1.97. The zero-order chi connectivity index (χ0) is 12.8. The summed E-state index contributed by atoms with van der Waals surface area (Å²) < 4.78 is 18.1. The van der Waals surface area contributed by atoms with Crippen LogP contribution in [0, 0.1) is 5.82 Å². The number of ether oxygens (including phenoxy) is 1. The smallest absolute Gasteiger partial charge is 0.125 e. The fourth-order valence-corrected chi connectivity index (χ4v) is 1.80.